The second-order valence-electron chi connectivity index (χ2n) is 4.93. The van der Waals surface area contributed by atoms with E-state index < -0.39 is 0 Å². The van der Waals surface area contributed by atoms with Crippen LogP contribution in [0.4, 0.5) is 0 Å². The minimum absolute atomic E-state index is 0.308. The van der Waals surface area contributed by atoms with Crippen molar-refractivity contribution in [2.24, 2.45) is 0 Å². The van der Waals surface area contributed by atoms with Crippen LogP contribution < -0.4 is 5.32 Å². The van der Waals surface area contributed by atoms with Gasteiger partial charge < -0.3 is 15.0 Å². The molecule has 0 aromatic heterocycles. The van der Waals surface area contributed by atoms with Crippen molar-refractivity contribution in [2.75, 3.05) is 27.2 Å². The molecule has 1 aliphatic rings. The summed E-state index contributed by atoms with van der Waals surface area (Å²) >= 11 is 3.51. The number of hydrogen-bond donors (Lipinski definition) is 1. The lowest BCUT2D eigenvalue weighted by Crippen LogP contribution is -2.31. The third-order valence-electron chi connectivity index (χ3n) is 3.45. The maximum atomic E-state index is 11.4. The van der Waals surface area contributed by atoms with Gasteiger partial charge in [0.25, 0.3) is 0 Å². The highest BCUT2D eigenvalue weighted by atomic mass is 79.9. The Morgan fingerprint density at radius 3 is 2.95 bits per heavy atom. The number of rotatable bonds is 4. The highest BCUT2D eigenvalue weighted by Crippen LogP contribution is 2.20. The number of hydrogen-bond acceptors (Lipinski definition) is 4. The maximum absolute atomic E-state index is 11.4. The highest BCUT2D eigenvalue weighted by molar-refractivity contribution is 9.10. The number of carbonyl (C=O) groups is 1. The van der Waals surface area contributed by atoms with Crippen LogP contribution in [0, 0.1) is 0 Å². The number of benzene rings is 1. The van der Waals surface area contributed by atoms with E-state index in [-0.39, 0.29) is 5.97 Å². The second-order valence-corrected chi connectivity index (χ2v) is 5.78. The molecule has 19 heavy (non-hydrogen) atoms. The van der Waals surface area contributed by atoms with Gasteiger partial charge in [-0.2, -0.15) is 0 Å². The van der Waals surface area contributed by atoms with Crippen LogP contribution in [0.2, 0.25) is 0 Å². The lowest BCUT2D eigenvalue weighted by Gasteiger charge is -2.14. The molecular weight excluding hydrogens is 308 g/mol. The molecule has 1 aliphatic heterocycles. The fourth-order valence-corrected chi connectivity index (χ4v) is 2.81. The molecule has 5 heteroatoms. The van der Waals surface area contributed by atoms with Gasteiger partial charge in [-0.15, -0.1) is 0 Å². The molecule has 2 rings (SSSR count). The van der Waals surface area contributed by atoms with Gasteiger partial charge in [0, 0.05) is 23.6 Å². The van der Waals surface area contributed by atoms with Gasteiger partial charge in [-0.1, -0.05) is 22.0 Å². The van der Waals surface area contributed by atoms with Gasteiger partial charge in [0.15, 0.2) is 0 Å². The van der Waals surface area contributed by atoms with E-state index in [9.17, 15) is 4.79 Å². The summed E-state index contributed by atoms with van der Waals surface area (Å²) < 4.78 is 5.64. The number of carbonyl (C=O) groups excluding carboxylic acids is 1. The summed E-state index contributed by atoms with van der Waals surface area (Å²) in [6.07, 6.45) is 1.19. The molecule has 0 spiro atoms. The van der Waals surface area contributed by atoms with Crippen LogP contribution in [0.1, 0.15) is 22.3 Å². The summed E-state index contributed by atoms with van der Waals surface area (Å²) in [5.74, 6) is -0.308. The zero-order chi connectivity index (χ0) is 13.8. The maximum Gasteiger partial charge on any atom is 0.337 e. The van der Waals surface area contributed by atoms with Crippen molar-refractivity contribution in [3.8, 4) is 0 Å². The normalized spacial score (nSPS) is 19.6. The summed E-state index contributed by atoms with van der Waals surface area (Å²) in [6.45, 7) is 3.05. The smallest absolute Gasteiger partial charge is 0.337 e. The third kappa shape index (κ3) is 3.78. The van der Waals surface area contributed by atoms with Crippen LogP contribution >= 0.6 is 15.9 Å². The average molecular weight is 327 g/mol. The number of methoxy groups -OCH3 is 1. The first-order valence-corrected chi connectivity index (χ1v) is 7.18. The van der Waals surface area contributed by atoms with E-state index in [0.717, 1.165) is 29.7 Å². The Kier molecular flexibility index (Phi) is 4.96. The molecule has 1 N–H and O–H groups in total. The first kappa shape index (κ1) is 14.5. The van der Waals surface area contributed by atoms with E-state index >= 15 is 0 Å². The number of nitrogens with zero attached hydrogens (tertiary/aromatic N) is 1. The highest BCUT2D eigenvalue weighted by Gasteiger charge is 2.18. The molecule has 1 unspecified atom stereocenters. The number of esters is 1. The van der Waals surface area contributed by atoms with Crippen LogP contribution in [0.3, 0.4) is 0 Å². The fraction of sp³-hybridized carbons (Fsp3) is 0.500. The van der Waals surface area contributed by atoms with E-state index in [4.69, 9.17) is 4.74 Å². The van der Waals surface area contributed by atoms with Gasteiger partial charge in [-0.25, -0.2) is 4.79 Å². The molecular formula is C14H19BrN2O2. The summed E-state index contributed by atoms with van der Waals surface area (Å²) in [5.41, 5.74) is 1.72. The number of likely N-dealkylation sites (N-methyl/N-ethyl adjacent to an activating group) is 1. The Balaban J connectivity index is 1.95. The summed E-state index contributed by atoms with van der Waals surface area (Å²) in [5, 5.41) is 3.54. The third-order valence-corrected chi connectivity index (χ3v) is 4.18. The van der Waals surface area contributed by atoms with Crippen LogP contribution in [0.25, 0.3) is 0 Å². The molecule has 1 aromatic rings. The molecule has 104 valence electrons. The predicted octanol–water partition coefficient (Wildman–Crippen LogP) is 2.03. The van der Waals surface area contributed by atoms with Gasteiger partial charge in [-0.05, 0) is 37.7 Å². The van der Waals surface area contributed by atoms with Crippen molar-refractivity contribution in [1.82, 2.24) is 10.2 Å². The molecule has 0 saturated carbocycles. The number of nitrogens with one attached hydrogen (secondary N) is 1. The first-order valence-electron chi connectivity index (χ1n) is 6.39. The SMILES string of the molecule is COC(=O)c1ccc(CNC2CCN(C)C2)c(Br)c1. The van der Waals surface area contributed by atoms with Gasteiger partial charge in [0.1, 0.15) is 0 Å². The van der Waals surface area contributed by atoms with E-state index in [1.165, 1.54) is 13.5 Å². The standard InChI is InChI=1S/C14H19BrN2O2/c1-17-6-5-12(9-17)16-8-11-4-3-10(7-13(11)15)14(18)19-2/h3-4,7,12,16H,5-6,8-9H2,1-2H3. The summed E-state index contributed by atoms with van der Waals surface area (Å²) in [6, 6.07) is 6.12. The van der Waals surface area contributed by atoms with Crippen molar-refractivity contribution in [2.45, 2.75) is 19.0 Å². The summed E-state index contributed by atoms with van der Waals surface area (Å²) in [4.78, 5) is 13.7. The Hall–Kier alpha value is -0.910. The lowest BCUT2D eigenvalue weighted by molar-refractivity contribution is 0.0600. The van der Waals surface area contributed by atoms with Crippen molar-refractivity contribution >= 4 is 21.9 Å². The molecule has 1 saturated heterocycles. The van der Waals surface area contributed by atoms with E-state index in [1.807, 2.05) is 12.1 Å². The minimum Gasteiger partial charge on any atom is -0.465 e. The average Bonchev–Trinajstić information content (AvgIpc) is 2.82. The topological polar surface area (TPSA) is 41.6 Å². The molecule has 4 nitrogen and oxygen atoms in total. The Morgan fingerprint density at radius 1 is 1.58 bits per heavy atom. The Bertz CT molecular complexity index is 465. The van der Waals surface area contributed by atoms with Crippen LogP contribution in [-0.2, 0) is 11.3 Å². The molecule has 0 bridgehead atoms. The van der Waals surface area contributed by atoms with Gasteiger partial charge in [0.05, 0.1) is 12.7 Å². The first-order chi connectivity index (χ1) is 9.10. The number of halogens is 1. The largest absolute Gasteiger partial charge is 0.465 e. The molecule has 0 amide bonds. The fourth-order valence-electron chi connectivity index (χ4n) is 2.29. The Morgan fingerprint density at radius 2 is 2.37 bits per heavy atom. The molecule has 0 radical (unpaired) electrons. The van der Waals surface area contributed by atoms with Crippen molar-refractivity contribution in [1.29, 1.82) is 0 Å². The second kappa shape index (κ2) is 6.50. The predicted molar refractivity (Wildman–Crippen MR) is 78.2 cm³/mol. The quantitative estimate of drug-likeness (QED) is 0.860. The zero-order valence-corrected chi connectivity index (χ0v) is 12.9. The van der Waals surface area contributed by atoms with Gasteiger partial charge >= 0.3 is 5.97 Å². The van der Waals surface area contributed by atoms with E-state index in [2.05, 4.69) is 33.2 Å². The monoisotopic (exact) mass is 326 g/mol. The van der Waals surface area contributed by atoms with Crippen molar-refractivity contribution in [3.63, 3.8) is 0 Å². The number of ether oxygens (including phenoxy) is 1. The van der Waals surface area contributed by atoms with Crippen LogP contribution in [-0.4, -0.2) is 44.2 Å². The van der Waals surface area contributed by atoms with Crippen molar-refractivity contribution < 1.29 is 9.53 Å². The molecule has 1 atom stereocenters. The minimum atomic E-state index is -0.308. The van der Waals surface area contributed by atoms with Crippen LogP contribution in [0.15, 0.2) is 22.7 Å². The zero-order valence-electron chi connectivity index (χ0n) is 11.3. The molecule has 1 aromatic carbocycles. The Labute approximate surface area is 122 Å². The number of likely N-dealkylation sites (tertiary alicyclic amines) is 1. The van der Waals surface area contributed by atoms with Gasteiger partial charge in [0.2, 0.25) is 0 Å². The molecule has 1 heterocycles. The van der Waals surface area contributed by atoms with Crippen molar-refractivity contribution in [3.05, 3.63) is 33.8 Å². The lowest BCUT2D eigenvalue weighted by atomic mass is 10.1. The molecule has 0 aliphatic carbocycles. The van der Waals surface area contributed by atoms with Crippen LogP contribution in [0.5, 0.6) is 0 Å². The van der Waals surface area contributed by atoms with E-state index in [1.54, 1.807) is 6.07 Å². The summed E-state index contributed by atoms with van der Waals surface area (Å²) in [7, 11) is 3.53. The van der Waals surface area contributed by atoms with E-state index in [0.29, 0.717) is 11.6 Å². The van der Waals surface area contributed by atoms with Gasteiger partial charge in [-0.3, -0.25) is 0 Å². The molecule has 1 fully saturated rings.